The molecule has 1 heterocycles. The summed E-state index contributed by atoms with van der Waals surface area (Å²) < 4.78 is 0. The Labute approximate surface area is 126 Å². The molecule has 0 spiro atoms. The second-order valence-electron chi connectivity index (χ2n) is 7.94. The first-order valence-corrected chi connectivity index (χ1v) is 8.94. The van der Waals surface area contributed by atoms with E-state index in [1.54, 1.807) is 0 Å². The minimum Gasteiger partial charge on any atom is -0.311 e. The molecule has 0 aromatic carbocycles. The van der Waals surface area contributed by atoms with Crippen LogP contribution in [0.25, 0.3) is 0 Å². The second-order valence-corrected chi connectivity index (χ2v) is 7.94. The predicted molar refractivity (Wildman–Crippen MR) is 87.9 cm³/mol. The summed E-state index contributed by atoms with van der Waals surface area (Å²) in [5.41, 5.74) is 0. The van der Waals surface area contributed by atoms with Crippen molar-refractivity contribution >= 4 is 0 Å². The molecule has 2 heteroatoms. The maximum absolute atomic E-state index is 3.80. The van der Waals surface area contributed by atoms with Crippen molar-refractivity contribution in [2.24, 2.45) is 23.7 Å². The zero-order chi connectivity index (χ0) is 14.9. The van der Waals surface area contributed by atoms with E-state index in [0.29, 0.717) is 6.04 Å². The molecule has 0 aromatic rings. The number of nitrogens with one attached hydrogen (secondary N) is 1. The first-order valence-electron chi connectivity index (χ1n) is 8.94. The number of nitrogens with zero attached hydrogens (tertiary/aromatic N) is 1. The van der Waals surface area contributed by atoms with Crippen LogP contribution in [-0.2, 0) is 0 Å². The average molecular weight is 280 g/mol. The quantitative estimate of drug-likeness (QED) is 0.843. The lowest BCUT2D eigenvalue weighted by atomic mass is 9.88. The summed E-state index contributed by atoms with van der Waals surface area (Å²) >= 11 is 0. The SMILES string of the molecule is CCC1CCC(N2CC(C(C)C)NCC2C(C)C)C1C. The van der Waals surface area contributed by atoms with E-state index in [-0.39, 0.29) is 0 Å². The van der Waals surface area contributed by atoms with Gasteiger partial charge in [0.15, 0.2) is 0 Å². The highest BCUT2D eigenvalue weighted by Gasteiger charge is 2.41. The molecule has 1 N–H and O–H groups in total. The topological polar surface area (TPSA) is 15.3 Å². The molecule has 5 atom stereocenters. The van der Waals surface area contributed by atoms with Crippen LogP contribution in [0.5, 0.6) is 0 Å². The van der Waals surface area contributed by atoms with Crippen molar-refractivity contribution < 1.29 is 0 Å². The van der Waals surface area contributed by atoms with E-state index in [1.165, 1.54) is 32.4 Å². The summed E-state index contributed by atoms with van der Waals surface area (Å²) in [7, 11) is 0. The fourth-order valence-electron chi connectivity index (χ4n) is 4.53. The molecule has 20 heavy (non-hydrogen) atoms. The van der Waals surface area contributed by atoms with Crippen LogP contribution in [0.3, 0.4) is 0 Å². The van der Waals surface area contributed by atoms with Crippen LogP contribution in [0.2, 0.25) is 0 Å². The van der Waals surface area contributed by atoms with Gasteiger partial charge in [0.25, 0.3) is 0 Å². The lowest BCUT2D eigenvalue weighted by Crippen LogP contribution is -2.62. The molecule has 2 nitrogen and oxygen atoms in total. The van der Waals surface area contributed by atoms with Crippen molar-refractivity contribution in [3.63, 3.8) is 0 Å². The zero-order valence-corrected chi connectivity index (χ0v) is 14.5. The summed E-state index contributed by atoms with van der Waals surface area (Å²) in [5.74, 6) is 3.33. The van der Waals surface area contributed by atoms with E-state index in [1.807, 2.05) is 0 Å². The van der Waals surface area contributed by atoms with Gasteiger partial charge in [0.05, 0.1) is 0 Å². The molecule has 1 aliphatic carbocycles. The highest BCUT2D eigenvalue weighted by Crippen LogP contribution is 2.39. The Morgan fingerprint density at radius 1 is 1.10 bits per heavy atom. The molecule has 0 bridgehead atoms. The molecule has 0 aromatic heterocycles. The van der Waals surface area contributed by atoms with Crippen LogP contribution < -0.4 is 5.32 Å². The van der Waals surface area contributed by atoms with Crippen molar-refractivity contribution in [1.82, 2.24) is 10.2 Å². The third-order valence-electron chi connectivity index (χ3n) is 6.13. The van der Waals surface area contributed by atoms with Crippen LogP contribution in [-0.4, -0.2) is 36.1 Å². The molecule has 5 unspecified atom stereocenters. The fraction of sp³-hybridized carbons (Fsp3) is 1.00. The third-order valence-corrected chi connectivity index (χ3v) is 6.13. The molecule has 0 radical (unpaired) electrons. The number of hydrogen-bond donors (Lipinski definition) is 1. The largest absolute Gasteiger partial charge is 0.311 e. The molecule has 1 aliphatic heterocycles. The van der Waals surface area contributed by atoms with Gasteiger partial charge in [-0.05, 0) is 36.5 Å². The minimum absolute atomic E-state index is 0.679. The van der Waals surface area contributed by atoms with Gasteiger partial charge in [-0.3, -0.25) is 4.90 Å². The molecule has 1 saturated heterocycles. The maximum Gasteiger partial charge on any atom is 0.0247 e. The Morgan fingerprint density at radius 2 is 1.80 bits per heavy atom. The van der Waals surface area contributed by atoms with E-state index < -0.39 is 0 Å². The highest BCUT2D eigenvalue weighted by atomic mass is 15.3. The predicted octanol–water partition coefficient (Wildman–Crippen LogP) is 3.77. The van der Waals surface area contributed by atoms with Crippen LogP contribution in [0.1, 0.15) is 60.8 Å². The summed E-state index contributed by atoms with van der Waals surface area (Å²) in [4.78, 5) is 2.90. The van der Waals surface area contributed by atoms with Crippen LogP contribution in [0, 0.1) is 23.7 Å². The van der Waals surface area contributed by atoms with Crippen LogP contribution >= 0.6 is 0 Å². The van der Waals surface area contributed by atoms with E-state index in [4.69, 9.17) is 0 Å². The maximum atomic E-state index is 3.80. The molecule has 118 valence electrons. The molecule has 0 amide bonds. The monoisotopic (exact) mass is 280 g/mol. The van der Waals surface area contributed by atoms with Crippen molar-refractivity contribution in [3.8, 4) is 0 Å². The standard InChI is InChI=1S/C18H36N2/c1-7-15-8-9-17(14(15)6)20-11-16(12(2)3)19-10-18(20)13(4)5/h12-19H,7-11H2,1-6H3. The Balaban J connectivity index is 2.11. The number of hydrogen-bond acceptors (Lipinski definition) is 2. The lowest BCUT2D eigenvalue weighted by Gasteiger charge is -2.48. The van der Waals surface area contributed by atoms with Crippen LogP contribution in [0.15, 0.2) is 0 Å². The second kappa shape index (κ2) is 6.79. The fourth-order valence-corrected chi connectivity index (χ4v) is 4.53. The smallest absolute Gasteiger partial charge is 0.0247 e. The summed E-state index contributed by atoms with van der Waals surface area (Å²) in [6.07, 6.45) is 4.24. The van der Waals surface area contributed by atoms with Gasteiger partial charge < -0.3 is 5.32 Å². The van der Waals surface area contributed by atoms with E-state index in [9.17, 15) is 0 Å². The Kier molecular flexibility index (Phi) is 5.53. The van der Waals surface area contributed by atoms with Gasteiger partial charge in [-0.1, -0.05) is 48.0 Å². The highest BCUT2D eigenvalue weighted by molar-refractivity contribution is 4.97. The zero-order valence-electron chi connectivity index (χ0n) is 14.5. The molecule has 2 aliphatic rings. The van der Waals surface area contributed by atoms with Gasteiger partial charge in [-0.2, -0.15) is 0 Å². The van der Waals surface area contributed by atoms with Gasteiger partial charge >= 0.3 is 0 Å². The Bertz CT molecular complexity index is 300. The van der Waals surface area contributed by atoms with Crippen LogP contribution in [0.4, 0.5) is 0 Å². The molecule has 1 saturated carbocycles. The van der Waals surface area contributed by atoms with Crippen molar-refractivity contribution in [1.29, 1.82) is 0 Å². The average Bonchev–Trinajstić information content (AvgIpc) is 2.78. The minimum atomic E-state index is 0.679. The van der Waals surface area contributed by atoms with E-state index in [2.05, 4.69) is 51.8 Å². The van der Waals surface area contributed by atoms with E-state index >= 15 is 0 Å². The third kappa shape index (κ3) is 3.22. The van der Waals surface area contributed by atoms with Gasteiger partial charge in [0.1, 0.15) is 0 Å². The summed E-state index contributed by atoms with van der Waals surface area (Å²) in [5, 5.41) is 3.80. The lowest BCUT2D eigenvalue weighted by molar-refractivity contribution is 0.0289. The van der Waals surface area contributed by atoms with E-state index in [0.717, 1.165) is 35.8 Å². The normalized spacial score (nSPS) is 39.9. The molecular formula is C18H36N2. The van der Waals surface area contributed by atoms with Gasteiger partial charge in [-0.15, -0.1) is 0 Å². The first kappa shape index (κ1) is 16.3. The summed E-state index contributed by atoms with van der Waals surface area (Å²) in [6.45, 7) is 16.8. The van der Waals surface area contributed by atoms with Gasteiger partial charge in [-0.25, -0.2) is 0 Å². The Morgan fingerprint density at radius 3 is 2.30 bits per heavy atom. The number of piperazine rings is 1. The van der Waals surface area contributed by atoms with Gasteiger partial charge in [0.2, 0.25) is 0 Å². The number of rotatable bonds is 4. The molecular weight excluding hydrogens is 244 g/mol. The molecule has 2 rings (SSSR count). The van der Waals surface area contributed by atoms with Crippen molar-refractivity contribution in [3.05, 3.63) is 0 Å². The Hall–Kier alpha value is -0.0800. The van der Waals surface area contributed by atoms with Gasteiger partial charge in [0, 0.05) is 31.2 Å². The molecule has 2 fully saturated rings. The van der Waals surface area contributed by atoms with Crippen molar-refractivity contribution in [2.45, 2.75) is 78.9 Å². The van der Waals surface area contributed by atoms with Crippen molar-refractivity contribution in [2.75, 3.05) is 13.1 Å². The summed E-state index contributed by atoms with van der Waals surface area (Å²) in [6, 6.07) is 2.24. The first-order chi connectivity index (χ1) is 9.45.